The Kier molecular flexibility index (Phi) is 7.71. The van der Waals surface area contributed by atoms with Crippen molar-refractivity contribution in [2.24, 2.45) is 9.98 Å². The second kappa shape index (κ2) is 11.3. The van der Waals surface area contributed by atoms with Crippen molar-refractivity contribution in [3.05, 3.63) is 82.0 Å². The molecule has 0 saturated heterocycles. The minimum Gasteiger partial charge on any atom is -0.351 e. The lowest BCUT2D eigenvalue weighted by Gasteiger charge is -2.25. The lowest BCUT2D eigenvalue weighted by molar-refractivity contribution is -0.128. The van der Waals surface area contributed by atoms with Crippen molar-refractivity contribution in [1.82, 2.24) is 10.2 Å². The SMILES string of the molecule is CC(C)c1ccc(NC(=O)CSC2=Nc3ccccc3C3=N[C@@H](CC(=O)NCc4cccs4)C(=O)N23)cc1. The number of anilines is 1. The van der Waals surface area contributed by atoms with E-state index in [9.17, 15) is 14.4 Å². The average Bonchev–Trinajstić information content (AvgIpc) is 3.55. The van der Waals surface area contributed by atoms with Gasteiger partial charge in [0, 0.05) is 16.1 Å². The zero-order chi connectivity index (χ0) is 26.6. The van der Waals surface area contributed by atoms with Gasteiger partial charge in [0.05, 0.1) is 24.4 Å². The van der Waals surface area contributed by atoms with Crippen LogP contribution in [0.3, 0.4) is 0 Å². The Morgan fingerprint density at radius 3 is 2.58 bits per heavy atom. The number of nitrogens with zero attached hydrogens (tertiary/aromatic N) is 3. The van der Waals surface area contributed by atoms with Gasteiger partial charge in [-0.25, -0.2) is 9.89 Å². The minimum atomic E-state index is -0.849. The van der Waals surface area contributed by atoms with Crippen LogP contribution in [-0.4, -0.2) is 45.4 Å². The molecule has 10 heteroatoms. The fraction of sp³-hybridized carbons (Fsp3) is 0.250. The quantitative estimate of drug-likeness (QED) is 0.420. The molecule has 3 amide bonds. The lowest BCUT2D eigenvalue weighted by Crippen LogP contribution is -2.42. The summed E-state index contributed by atoms with van der Waals surface area (Å²) in [5.41, 5.74) is 3.30. The third-order valence-corrected chi connectivity index (χ3v) is 7.97. The van der Waals surface area contributed by atoms with Crippen molar-refractivity contribution >= 4 is 63.2 Å². The Morgan fingerprint density at radius 2 is 1.84 bits per heavy atom. The average molecular weight is 546 g/mol. The molecule has 8 nitrogen and oxygen atoms in total. The summed E-state index contributed by atoms with van der Waals surface area (Å²) < 4.78 is 0. The number of nitrogens with one attached hydrogen (secondary N) is 2. The first-order valence-corrected chi connectivity index (χ1v) is 14.2. The number of carbonyl (C=O) groups excluding carboxylic acids is 3. The Hall–Kier alpha value is -3.76. The Balaban J connectivity index is 1.26. The molecule has 0 radical (unpaired) electrons. The molecular weight excluding hydrogens is 518 g/mol. The molecular formula is C28H27N5O3S2. The van der Waals surface area contributed by atoms with Crippen LogP contribution < -0.4 is 10.6 Å². The molecule has 0 saturated carbocycles. The molecule has 2 aromatic carbocycles. The van der Waals surface area contributed by atoms with Crippen molar-refractivity contribution in [1.29, 1.82) is 0 Å². The van der Waals surface area contributed by atoms with Gasteiger partial charge in [-0.2, -0.15) is 0 Å². The Labute approximate surface area is 229 Å². The van der Waals surface area contributed by atoms with Crippen LogP contribution in [0.2, 0.25) is 0 Å². The summed E-state index contributed by atoms with van der Waals surface area (Å²) in [7, 11) is 0. The Morgan fingerprint density at radius 1 is 1.05 bits per heavy atom. The number of thiophene rings is 1. The number of amides is 3. The van der Waals surface area contributed by atoms with Crippen molar-refractivity contribution in [3.63, 3.8) is 0 Å². The zero-order valence-electron chi connectivity index (χ0n) is 21.0. The van der Waals surface area contributed by atoms with Crippen LogP contribution >= 0.6 is 23.1 Å². The monoisotopic (exact) mass is 545 g/mol. The molecule has 0 spiro atoms. The molecule has 1 atom stereocenters. The third kappa shape index (κ3) is 5.71. The summed E-state index contributed by atoms with van der Waals surface area (Å²) in [4.78, 5) is 50.4. The van der Waals surface area contributed by atoms with Crippen LogP contribution in [0.25, 0.3) is 0 Å². The zero-order valence-corrected chi connectivity index (χ0v) is 22.6. The number of para-hydroxylation sites is 1. The summed E-state index contributed by atoms with van der Waals surface area (Å²) in [5, 5.41) is 8.08. The first-order chi connectivity index (χ1) is 18.4. The number of hydrogen-bond donors (Lipinski definition) is 2. The summed E-state index contributed by atoms with van der Waals surface area (Å²) in [6.45, 7) is 4.65. The maximum Gasteiger partial charge on any atom is 0.259 e. The van der Waals surface area contributed by atoms with Crippen LogP contribution in [0.5, 0.6) is 0 Å². The fourth-order valence-corrected chi connectivity index (χ4v) is 5.60. The Bertz CT molecular complexity index is 1410. The van der Waals surface area contributed by atoms with Gasteiger partial charge in [-0.3, -0.25) is 19.4 Å². The highest BCUT2D eigenvalue weighted by Gasteiger charge is 2.42. The number of benzene rings is 2. The normalized spacial score (nSPS) is 16.0. The molecule has 0 unspecified atom stereocenters. The molecule has 5 rings (SSSR count). The number of carbonyl (C=O) groups is 3. The highest BCUT2D eigenvalue weighted by Crippen LogP contribution is 2.34. The highest BCUT2D eigenvalue weighted by atomic mass is 32.2. The van der Waals surface area contributed by atoms with Crippen molar-refractivity contribution in [2.75, 3.05) is 11.1 Å². The topological polar surface area (TPSA) is 103 Å². The lowest BCUT2D eigenvalue weighted by atomic mass is 10.0. The highest BCUT2D eigenvalue weighted by molar-refractivity contribution is 8.14. The summed E-state index contributed by atoms with van der Waals surface area (Å²) in [6, 6.07) is 18.2. The second-order valence-electron chi connectivity index (χ2n) is 9.23. The van der Waals surface area contributed by atoms with Gasteiger partial charge in [-0.1, -0.05) is 55.9 Å². The number of hydrogen-bond acceptors (Lipinski definition) is 7. The van der Waals surface area contributed by atoms with E-state index in [0.29, 0.717) is 34.8 Å². The van der Waals surface area contributed by atoms with Crippen LogP contribution in [0.4, 0.5) is 11.4 Å². The largest absolute Gasteiger partial charge is 0.351 e. The van der Waals surface area contributed by atoms with E-state index in [1.165, 1.54) is 22.2 Å². The first-order valence-electron chi connectivity index (χ1n) is 12.3. The number of amidine groups is 2. The van der Waals surface area contributed by atoms with E-state index in [4.69, 9.17) is 0 Å². The van der Waals surface area contributed by atoms with E-state index in [0.717, 1.165) is 10.4 Å². The molecule has 2 aliphatic heterocycles. The van der Waals surface area contributed by atoms with Gasteiger partial charge in [0.15, 0.2) is 5.17 Å². The van der Waals surface area contributed by atoms with Crippen LogP contribution in [-0.2, 0) is 20.9 Å². The summed E-state index contributed by atoms with van der Waals surface area (Å²) in [5.74, 6) is 0.162. The maximum atomic E-state index is 13.4. The van der Waals surface area contributed by atoms with Gasteiger partial charge < -0.3 is 10.6 Å². The van der Waals surface area contributed by atoms with Crippen molar-refractivity contribution in [2.45, 2.75) is 38.8 Å². The third-order valence-electron chi connectivity index (χ3n) is 6.16. The maximum absolute atomic E-state index is 13.4. The van der Waals surface area contributed by atoms with Crippen molar-refractivity contribution < 1.29 is 14.4 Å². The van der Waals surface area contributed by atoms with Gasteiger partial charge in [0.25, 0.3) is 5.91 Å². The van der Waals surface area contributed by atoms with E-state index in [1.807, 2.05) is 66.0 Å². The molecule has 3 heterocycles. The molecule has 1 aromatic heterocycles. The predicted octanol–water partition coefficient (Wildman–Crippen LogP) is 4.91. The number of thioether (sulfide) groups is 1. The van der Waals surface area contributed by atoms with E-state index < -0.39 is 6.04 Å². The van der Waals surface area contributed by atoms with E-state index in [1.54, 1.807) is 11.3 Å². The molecule has 194 valence electrons. The van der Waals surface area contributed by atoms with Crippen LogP contribution in [0, 0.1) is 0 Å². The molecule has 2 aliphatic rings. The summed E-state index contributed by atoms with van der Waals surface area (Å²) >= 11 is 2.73. The van der Waals surface area contributed by atoms with Crippen molar-refractivity contribution in [3.8, 4) is 0 Å². The summed E-state index contributed by atoms with van der Waals surface area (Å²) in [6.07, 6.45) is -0.0584. The number of rotatable bonds is 8. The van der Waals surface area contributed by atoms with Crippen LogP contribution in [0.15, 0.2) is 76.0 Å². The minimum absolute atomic E-state index is 0.0584. The predicted molar refractivity (Wildman–Crippen MR) is 153 cm³/mol. The first kappa shape index (κ1) is 25.9. The molecule has 3 aromatic rings. The standard InChI is InChI=1S/C28H27N5O3S2/c1-17(2)18-9-11-19(12-10-18)30-25(35)16-38-28-32-22-8-4-3-7-21(22)26-31-23(27(36)33(26)28)14-24(34)29-15-20-6-5-13-37-20/h3-13,17,23H,14-16H2,1-2H3,(H,29,34)(H,30,35)/t23-/m0/s1. The number of aliphatic imine (C=N–C) groups is 2. The fourth-order valence-electron chi connectivity index (χ4n) is 4.16. The van der Waals surface area contributed by atoms with Gasteiger partial charge in [-0.15, -0.1) is 11.3 Å². The molecule has 2 N–H and O–H groups in total. The van der Waals surface area contributed by atoms with Crippen LogP contribution in [0.1, 0.15) is 42.2 Å². The molecule has 0 fully saturated rings. The van der Waals surface area contributed by atoms with Gasteiger partial charge in [-0.05, 0) is 47.2 Å². The van der Waals surface area contributed by atoms with Gasteiger partial charge in [0.2, 0.25) is 11.8 Å². The van der Waals surface area contributed by atoms with Gasteiger partial charge >= 0.3 is 0 Å². The molecule has 0 bridgehead atoms. The van der Waals surface area contributed by atoms with E-state index in [2.05, 4.69) is 34.5 Å². The molecule has 38 heavy (non-hydrogen) atoms. The van der Waals surface area contributed by atoms with Gasteiger partial charge in [0.1, 0.15) is 11.9 Å². The second-order valence-corrected chi connectivity index (χ2v) is 11.2. The molecule has 0 aliphatic carbocycles. The van der Waals surface area contributed by atoms with E-state index in [-0.39, 0.29) is 29.9 Å². The smallest absolute Gasteiger partial charge is 0.259 e. The van der Waals surface area contributed by atoms with E-state index >= 15 is 0 Å². The number of fused-ring (bicyclic) bond motifs is 3.